The first-order valence-corrected chi connectivity index (χ1v) is 10.5. The minimum atomic E-state index is -3.87. The summed E-state index contributed by atoms with van der Waals surface area (Å²) < 4.78 is 28.5. The van der Waals surface area contributed by atoms with Gasteiger partial charge in [-0.3, -0.25) is 4.72 Å². The Bertz CT molecular complexity index is 895. The molecule has 0 aromatic heterocycles. The number of benzene rings is 2. The van der Waals surface area contributed by atoms with E-state index in [4.69, 9.17) is 11.5 Å². The van der Waals surface area contributed by atoms with Gasteiger partial charge >= 0.3 is 0 Å². The smallest absolute Gasteiger partial charge is 0.262 e. The summed E-state index contributed by atoms with van der Waals surface area (Å²) in [6, 6.07) is 9.79. The second-order valence-corrected chi connectivity index (χ2v) is 9.08. The van der Waals surface area contributed by atoms with Gasteiger partial charge < -0.3 is 16.6 Å². The number of rotatable bonds is 8. The van der Waals surface area contributed by atoms with Gasteiger partial charge in [-0.2, -0.15) is 0 Å². The Labute approximate surface area is 161 Å². The molecule has 0 fully saturated rings. The number of hydrogen-bond acceptors (Lipinski definition) is 5. The molecule has 0 spiro atoms. The Balaban J connectivity index is 2.39. The van der Waals surface area contributed by atoms with Crippen molar-refractivity contribution in [2.75, 3.05) is 17.0 Å². The monoisotopic (exact) mass is 391 g/mol. The number of nitrogens with one attached hydrogen (secondary N) is 1. The maximum atomic E-state index is 13.0. The van der Waals surface area contributed by atoms with Gasteiger partial charge in [-0.1, -0.05) is 32.9 Å². The number of anilines is 2. The van der Waals surface area contributed by atoms with E-state index in [0.717, 1.165) is 0 Å². The molecule has 0 aliphatic carbocycles. The second-order valence-electron chi connectivity index (χ2n) is 7.43. The Hall–Kier alpha value is -2.25. The van der Waals surface area contributed by atoms with Crippen molar-refractivity contribution in [3.63, 3.8) is 0 Å². The lowest BCUT2D eigenvalue weighted by atomic mass is 10.00. The number of nitrogens with two attached hydrogens (primary N) is 2. The number of phenolic OH excluding ortho intramolecular Hbond substituents is 1. The average molecular weight is 392 g/mol. The molecule has 0 unspecified atom stereocenters. The lowest BCUT2D eigenvalue weighted by molar-refractivity contribution is 0.462. The van der Waals surface area contributed by atoms with Gasteiger partial charge in [-0.05, 0) is 66.6 Å². The molecule has 27 heavy (non-hydrogen) atoms. The van der Waals surface area contributed by atoms with Crippen LogP contribution in [0, 0.1) is 11.8 Å². The van der Waals surface area contributed by atoms with Gasteiger partial charge in [-0.15, -0.1) is 0 Å². The average Bonchev–Trinajstić information content (AvgIpc) is 2.57. The topological polar surface area (TPSA) is 118 Å². The molecule has 2 aromatic rings. The Kier molecular flexibility index (Phi) is 6.73. The van der Waals surface area contributed by atoms with Crippen molar-refractivity contribution in [3.8, 4) is 5.75 Å². The van der Waals surface area contributed by atoms with Crippen molar-refractivity contribution in [1.29, 1.82) is 0 Å². The van der Waals surface area contributed by atoms with Gasteiger partial charge in [0.15, 0.2) is 0 Å². The molecule has 0 aliphatic heterocycles. The highest BCUT2D eigenvalue weighted by molar-refractivity contribution is 7.92. The predicted octanol–water partition coefficient (Wildman–Crippen LogP) is 3.11. The summed E-state index contributed by atoms with van der Waals surface area (Å²) in [4.78, 5) is 0.172. The summed E-state index contributed by atoms with van der Waals surface area (Å²) in [5.74, 6) is 0.384. The highest BCUT2D eigenvalue weighted by atomic mass is 32.2. The molecule has 0 saturated heterocycles. The number of aromatic hydroxyl groups is 1. The van der Waals surface area contributed by atoms with Crippen LogP contribution in [-0.4, -0.2) is 20.1 Å². The zero-order valence-electron chi connectivity index (χ0n) is 16.1. The maximum Gasteiger partial charge on any atom is 0.262 e. The minimum Gasteiger partial charge on any atom is -0.505 e. The molecule has 0 aliphatic rings. The fourth-order valence-corrected chi connectivity index (χ4v) is 4.26. The number of hydrogen-bond donors (Lipinski definition) is 4. The SMILES string of the molecule is CC(C)Cc1cc(N)ccc1S(=O)(=O)Nc1cccc(C[C@@H](C)CN)c1O. The van der Waals surface area contributed by atoms with Crippen LogP contribution in [0.4, 0.5) is 11.4 Å². The predicted molar refractivity (Wildman–Crippen MR) is 110 cm³/mol. The van der Waals surface area contributed by atoms with Crippen molar-refractivity contribution in [2.24, 2.45) is 17.6 Å². The van der Waals surface area contributed by atoms with E-state index < -0.39 is 10.0 Å². The highest BCUT2D eigenvalue weighted by Crippen LogP contribution is 2.32. The first-order valence-electron chi connectivity index (χ1n) is 9.06. The quantitative estimate of drug-likeness (QED) is 0.407. The Morgan fingerprint density at radius 1 is 1.07 bits per heavy atom. The van der Waals surface area contributed by atoms with E-state index in [0.29, 0.717) is 36.2 Å². The molecule has 0 amide bonds. The molecule has 6 N–H and O–H groups in total. The van der Waals surface area contributed by atoms with Crippen LogP contribution in [0.3, 0.4) is 0 Å². The lowest BCUT2D eigenvalue weighted by Gasteiger charge is -2.17. The van der Waals surface area contributed by atoms with E-state index in [9.17, 15) is 13.5 Å². The van der Waals surface area contributed by atoms with Crippen LogP contribution in [0.5, 0.6) is 5.75 Å². The summed E-state index contributed by atoms with van der Waals surface area (Å²) >= 11 is 0. The number of para-hydroxylation sites is 1. The van der Waals surface area contributed by atoms with Gasteiger partial charge in [-0.25, -0.2) is 8.42 Å². The molecule has 0 saturated carbocycles. The first kappa shape index (κ1) is 21.1. The van der Waals surface area contributed by atoms with Gasteiger partial charge in [0.05, 0.1) is 10.6 Å². The van der Waals surface area contributed by atoms with Crippen molar-refractivity contribution in [1.82, 2.24) is 0 Å². The molecular formula is C20H29N3O3S. The molecule has 7 heteroatoms. The van der Waals surface area contributed by atoms with Gasteiger partial charge in [0, 0.05) is 5.69 Å². The summed E-state index contributed by atoms with van der Waals surface area (Å²) in [7, 11) is -3.87. The summed E-state index contributed by atoms with van der Waals surface area (Å²) in [5, 5.41) is 10.5. The molecule has 0 radical (unpaired) electrons. The fraction of sp³-hybridized carbons (Fsp3) is 0.400. The Morgan fingerprint density at radius 3 is 2.41 bits per heavy atom. The summed E-state index contributed by atoms with van der Waals surface area (Å²) in [6.45, 7) is 6.49. The van der Waals surface area contributed by atoms with E-state index in [1.165, 1.54) is 6.07 Å². The number of phenols is 1. The fourth-order valence-electron chi connectivity index (χ4n) is 2.96. The van der Waals surface area contributed by atoms with E-state index in [-0.39, 0.29) is 28.2 Å². The van der Waals surface area contributed by atoms with Crippen LogP contribution < -0.4 is 16.2 Å². The first-order chi connectivity index (χ1) is 12.6. The largest absolute Gasteiger partial charge is 0.505 e. The maximum absolute atomic E-state index is 13.0. The number of sulfonamides is 1. The van der Waals surface area contributed by atoms with Crippen LogP contribution in [0.15, 0.2) is 41.3 Å². The van der Waals surface area contributed by atoms with E-state index >= 15 is 0 Å². The van der Waals surface area contributed by atoms with Crippen molar-refractivity contribution < 1.29 is 13.5 Å². The minimum absolute atomic E-state index is 0.0674. The van der Waals surface area contributed by atoms with Gasteiger partial charge in [0.2, 0.25) is 0 Å². The second kappa shape index (κ2) is 8.63. The van der Waals surface area contributed by atoms with E-state index in [1.54, 1.807) is 30.3 Å². The molecule has 0 bridgehead atoms. The lowest BCUT2D eigenvalue weighted by Crippen LogP contribution is -2.17. The third-order valence-corrected chi connectivity index (χ3v) is 5.80. The van der Waals surface area contributed by atoms with Crippen molar-refractivity contribution in [3.05, 3.63) is 47.5 Å². The molecule has 2 rings (SSSR count). The Morgan fingerprint density at radius 2 is 1.78 bits per heavy atom. The van der Waals surface area contributed by atoms with Crippen molar-refractivity contribution in [2.45, 2.75) is 38.5 Å². The summed E-state index contributed by atoms with van der Waals surface area (Å²) in [6.07, 6.45) is 1.15. The van der Waals surface area contributed by atoms with Crippen molar-refractivity contribution >= 4 is 21.4 Å². The normalized spacial score (nSPS) is 12.9. The van der Waals surface area contributed by atoms with Crippen LogP contribution >= 0.6 is 0 Å². The molecule has 148 valence electrons. The third kappa shape index (κ3) is 5.37. The standard InChI is InChI=1S/C20H29N3O3S/c1-13(2)9-16-11-17(22)7-8-19(16)27(25,26)23-18-6-4-5-15(20(18)24)10-14(3)12-21/h4-8,11,13-14,23-24H,9-10,12,21-22H2,1-3H3/t14-/m1/s1. The molecule has 6 nitrogen and oxygen atoms in total. The zero-order chi connectivity index (χ0) is 20.2. The van der Waals surface area contributed by atoms with Gasteiger partial charge in [0.1, 0.15) is 5.75 Å². The highest BCUT2D eigenvalue weighted by Gasteiger charge is 2.21. The summed E-state index contributed by atoms with van der Waals surface area (Å²) in [5.41, 5.74) is 13.5. The number of nitrogen functional groups attached to an aromatic ring is 1. The van der Waals surface area contributed by atoms with Crippen LogP contribution in [0.1, 0.15) is 31.9 Å². The third-order valence-electron chi connectivity index (χ3n) is 4.34. The van der Waals surface area contributed by atoms with Crippen LogP contribution in [0.2, 0.25) is 0 Å². The van der Waals surface area contributed by atoms with Gasteiger partial charge in [0.25, 0.3) is 10.0 Å². The molecule has 2 aromatic carbocycles. The van der Waals surface area contributed by atoms with E-state index in [2.05, 4.69) is 4.72 Å². The molecular weight excluding hydrogens is 362 g/mol. The van der Waals surface area contributed by atoms with Crippen LogP contribution in [-0.2, 0) is 22.9 Å². The van der Waals surface area contributed by atoms with E-state index in [1.807, 2.05) is 20.8 Å². The molecule has 0 heterocycles. The zero-order valence-corrected chi connectivity index (χ0v) is 16.9. The van der Waals surface area contributed by atoms with Crippen LogP contribution in [0.25, 0.3) is 0 Å². The molecule has 1 atom stereocenters.